The molecule has 1 aliphatic heterocycles. The first-order valence-corrected chi connectivity index (χ1v) is 6.20. The van der Waals surface area contributed by atoms with Crippen LogP contribution in [0.25, 0.3) is 0 Å². The van der Waals surface area contributed by atoms with E-state index in [9.17, 15) is 4.79 Å². The first-order chi connectivity index (χ1) is 7.19. The van der Waals surface area contributed by atoms with Crippen LogP contribution < -0.4 is 10.6 Å². The quantitative estimate of drug-likeness (QED) is 0.799. The molecule has 0 aromatic rings. The monoisotopic (exact) mass is 248 g/mol. The molecule has 16 heavy (non-hydrogen) atoms. The average Bonchev–Trinajstić information content (AvgIpc) is 2.23. The molecule has 96 valence electrons. The smallest absolute Gasteiger partial charge is 0.223 e. The molecule has 0 saturated carbocycles. The predicted octanol–water partition coefficient (Wildman–Crippen LogP) is 1.96. The number of amides is 1. The fourth-order valence-corrected chi connectivity index (χ4v) is 2.14. The van der Waals surface area contributed by atoms with Gasteiger partial charge in [-0.05, 0) is 31.7 Å². The summed E-state index contributed by atoms with van der Waals surface area (Å²) in [6, 6.07) is 0.326. The molecule has 0 bridgehead atoms. The van der Waals surface area contributed by atoms with Gasteiger partial charge in [0.15, 0.2) is 0 Å². The van der Waals surface area contributed by atoms with E-state index in [-0.39, 0.29) is 24.2 Å². The summed E-state index contributed by atoms with van der Waals surface area (Å²) in [6.07, 6.45) is 3.04. The van der Waals surface area contributed by atoms with E-state index in [0.717, 1.165) is 32.4 Å². The van der Waals surface area contributed by atoms with Crippen LogP contribution in [0.3, 0.4) is 0 Å². The van der Waals surface area contributed by atoms with Crippen LogP contribution in [0.15, 0.2) is 0 Å². The minimum absolute atomic E-state index is 0. The molecule has 0 aromatic heterocycles. The minimum Gasteiger partial charge on any atom is -0.352 e. The zero-order chi connectivity index (χ0) is 11.3. The number of piperidine rings is 1. The van der Waals surface area contributed by atoms with Crippen LogP contribution in [-0.4, -0.2) is 25.0 Å². The zero-order valence-corrected chi connectivity index (χ0v) is 11.4. The maximum absolute atomic E-state index is 11.9. The number of carbonyl (C=O) groups excluding carboxylic acids is 1. The molecule has 1 aliphatic rings. The lowest BCUT2D eigenvalue weighted by molar-refractivity contribution is -0.126. The van der Waals surface area contributed by atoms with Gasteiger partial charge < -0.3 is 10.6 Å². The Hall–Kier alpha value is -0.280. The van der Waals surface area contributed by atoms with Gasteiger partial charge in [0, 0.05) is 18.5 Å². The summed E-state index contributed by atoms with van der Waals surface area (Å²) in [6.45, 7) is 8.39. The van der Waals surface area contributed by atoms with Crippen molar-refractivity contribution < 1.29 is 4.79 Å². The van der Waals surface area contributed by atoms with Crippen molar-refractivity contribution in [1.82, 2.24) is 10.6 Å². The maximum Gasteiger partial charge on any atom is 0.223 e. The average molecular weight is 249 g/mol. The van der Waals surface area contributed by atoms with E-state index in [0.29, 0.717) is 12.0 Å². The third kappa shape index (κ3) is 4.30. The number of rotatable bonds is 4. The standard InChI is InChI=1S/C12H24N2O.ClH/c1-4-10(5-2)12(15)14-11-8-13-7-6-9(11)3;/h9-11,13H,4-8H2,1-3H3,(H,14,15);1H. The first kappa shape index (κ1) is 15.7. The fourth-order valence-electron chi connectivity index (χ4n) is 2.14. The van der Waals surface area contributed by atoms with Crippen molar-refractivity contribution in [2.45, 2.75) is 46.1 Å². The number of hydrogen-bond donors (Lipinski definition) is 2. The van der Waals surface area contributed by atoms with Gasteiger partial charge in [0.05, 0.1) is 0 Å². The third-order valence-electron chi connectivity index (χ3n) is 3.51. The predicted molar refractivity (Wildman–Crippen MR) is 69.9 cm³/mol. The van der Waals surface area contributed by atoms with E-state index in [1.54, 1.807) is 0 Å². The fraction of sp³-hybridized carbons (Fsp3) is 0.917. The SMILES string of the molecule is CCC(CC)C(=O)NC1CNCCC1C.Cl. The molecule has 3 nitrogen and oxygen atoms in total. The molecule has 0 aromatic carbocycles. The molecule has 0 radical (unpaired) electrons. The van der Waals surface area contributed by atoms with Gasteiger partial charge in [-0.25, -0.2) is 0 Å². The maximum atomic E-state index is 11.9. The van der Waals surface area contributed by atoms with Crippen LogP contribution in [-0.2, 0) is 4.79 Å². The van der Waals surface area contributed by atoms with Crippen LogP contribution in [0.2, 0.25) is 0 Å². The Labute approximate surface area is 105 Å². The second-order valence-corrected chi connectivity index (χ2v) is 4.60. The summed E-state index contributed by atoms with van der Waals surface area (Å²) in [4.78, 5) is 11.9. The van der Waals surface area contributed by atoms with Gasteiger partial charge in [-0.2, -0.15) is 0 Å². The summed E-state index contributed by atoms with van der Waals surface area (Å²) < 4.78 is 0. The highest BCUT2D eigenvalue weighted by atomic mass is 35.5. The molecule has 1 fully saturated rings. The van der Waals surface area contributed by atoms with Gasteiger partial charge in [-0.3, -0.25) is 4.79 Å². The van der Waals surface area contributed by atoms with E-state index in [2.05, 4.69) is 31.4 Å². The second kappa shape index (κ2) is 7.91. The van der Waals surface area contributed by atoms with E-state index < -0.39 is 0 Å². The Morgan fingerprint density at radius 1 is 1.44 bits per heavy atom. The summed E-state index contributed by atoms with van der Waals surface area (Å²) in [5.41, 5.74) is 0. The Morgan fingerprint density at radius 3 is 2.56 bits per heavy atom. The molecule has 1 amide bonds. The van der Waals surface area contributed by atoms with Crippen molar-refractivity contribution in [3.63, 3.8) is 0 Å². The Balaban J connectivity index is 0.00000225. The molecule has 1 saturated heterocycles. The molecule has 2 N–H and O–H groups in total. The van der Waals surface area contributed by atoms with Crippen molar-refractivity contribution in [3.05, 3.63) is 0 Å². The Kier molecular flexibility index (Phi) is 7.77. The molecular weight excluding hydrogens is 224 g/mol. The van der Waals surface area contributed by atoms with E-state index in [1.165, 1.54) is 0 Å². The van der Waals surface area contributed by atoms with Crippen molar-refractivity contribution in [2.75, 3.05) is 13.1 Å². The minimum atomic E-state index is 0. The highest BCUT2D eigenvalue weighted by Gasteiger charge is 2.24. The second-order valence-electron chi connectivity index (χ2n) is 4.60. The van der Waals surface area contributed by atoms with Crippen molar-refractivity contribution >= 4 is 18.3 Å². The molecule has 4 heteroatoms. The van der Waals surface area contributed by atoms with Gasteiger partial charge in [0.2, 0.25) is 5.91 Å². The lowest BCUT2D eigenvalue weighted by atomic mass is 9.93. The molecule has 1 heterocycles. The lowest BCUT2D eigenvalue weighted by Crippen LogP contribution is -2.51. The number of hydrogen-bond acceptors (Lipinski definition) is 2. The zero-order valence-electron chi connectivity index (χ0n) is 10.6. The largest absolute Gasteiger partial charge is 0.352 e. The molecule has 0 aliphatic carbocycles. The Bertz CT molecular complexity index is 207. The number of halogens is 1. The normalized spacial score (nSPS) is 25.0. The Morgan fingerprint density at radius 2 is 2.06 bits per heavy atom. The van der Waals surface area contributed by atoms with Crippen molar-refractivity contribution in [2.24, 2.45) is 11.8 Å². The van der Waals surface area contributed by atoms with Gasteiger partial charge in [0.1, 0.15) is 0 Å². The molecule has 2 atom stereocenters. The van der Waals surface area contributed by atoms with Crippen molar-refractivity contribution in [3.8, 4) is 0 Å². The van der Waals surface area contributed by atoms with E-state index in [4.69, 9.17) is 0 Å². The van der Waals surface area contributed by atoms with Gasteiger partial charge >= 0.3 is 0 Å². The highest BCUT2D eigenvalue weighted by Crippen LogP contribution is 2.13. The van der Waals surface area contributed by atoms with Gasteiger partial charge in [-0.15, -0.1) is 12.4 Å². The van der Waals surface area contributed by atoms with Crippen LogP contribution in [0.1, 0.15) is 40.0 Å². The molecule has 2 unspecified atom stereocenters. The topological polar surface area (TPSA) is 41.1 Å². The van der Waals surface area contributed by atoms with Crippen LogP contribution in [0.5, 0.6) is 0 Å². The van der Waals surface area contributed by atoms with Gasteiger partial charge in [0.25, 0.3) is 0 Å². The van der Waals surface area contributed by atoms with Crippen LogP contribution >= 0.6 is 12.4 Å². The summed E-state index contributed by atoms with van der Waals surface area (Å²) in [5, 5.41) is 6.50. The summed E-state index contributed by atoms with van der Waals surface area (Å²) >= 11 is 0. The van der Waals surface area contributed by atoms with Crippen LogP contribution in [0.4, 0.5) is 0 Å². The third-order valence-corrected chi connectivity index (χ3v) is 3.51. The number of nitrogens with one attached hydrogen (secondary N) is 2. The van der Waals surface area contributed by atoms with E-state index in [1.807, 2.05) is 0 Å². The first-order valence-electron chi connectivity index (χ1n) is 6.20. The van der Waals surface area contributed by atoms with Crippen LogP contribution in [0, 0.1) is 11.8 Å². The molecule has 0 spiro atoms. The molecule has 1 rings (SSSR count). The van der Waals surface area contributed by atoms with Gasteiger partial charge in [-0.1, -0.05) is 20.8 Å². The highest BCUT2D eigenvalue weighted by molar-refractivity contribution is 5.85. The lowest BCUT2D eigenvalue weighted by Gasteiger charge is -2.31. The molecular formula is C12H25ClN2O. The van der Waals surface area contributed by atoms with Crippen molar-refractivity contribution in [1.29, 1.82) is 0 Å². The van der Waals surface area contributed by atoms with E-state index >= 15 is 0 Å². The summed E-state index contributed by atoms with van der Waals surface area (Å²) in [7, 11) is 0. The summed E-state index contributed by atoms with van der Waals surface area (Å²) in [5.74, 6) is 1.03. The number of carbonyl (C=O) groups is 1.